The van der Waals surface area contributed by atoms with Crippen molar-refractivity contribution in [2.75, 3.05) is 4.72 Å². The molecule has 21 heavy (non-hydrogen) atoms. The van der Waals surface area contributed by atoms with Crippen LogP contribution in [-0.4, -0.2) is 34.3 Å². The second-order valence-corrected chi connectivity index (χ2v) is 6.02. The monoisotopic (exact) mass is 330 g/mol. The van der Waals surface area contributed by atoms with E-state index in [1.54, 1.807) is 0 Å². The van der Waals surface area contributed by atoms with Crippen LogP contribution < -0.4 is 4.72 Å². The molecule has 0 spiro atoms. The number of sulfonamides is 1. The Morgan fingerprint density at radius 3 is 2.76 bits per heavy atom. The number of halogens is 1. The first kappa shape index (κ1) is 15.0. The largest absolute Gasteiger partial charge is 0.478 e. The van der Waals surface area contributed by atoms with Crippen molar-refractivity contribution in [3.05, 3.63) is 35.7 Å². The number of carbonyl (C=O) groups is 1. The van der Waals surface area contributed by atoms with Crippen LogP contribution in [0.1, 0.15) is 5.56 Å². The van der Waals surface area contributed by atoms with E-state index in [4.69, 9.17) is 5.11 Å². The Morgan fingerprint density at radius 1 is 1.43 bits per heavy atom. The predicted molar refractivity (Wildman–Crippen MR) is 71.6 cm³/mol. The minimum atomic E-state index is -4.16. The van der Waals surface area contributed by atoms with Crippen molar-refractivity contribution in [2.24, 2.45) is 0 Å². The fourth-order valence-electron chi connectivity index (χ4n) is 1.35. The second kappa shape index (κ2) is 5.93. The first-order chi connectivity index (χ1) is 9.88. The van der Waals surface area contributed by atoms with Crippen molar-refractivity contribution in [1.82, 2.24) is 14.8 Å². The van der Waals surface area contributed by atoms with Gasteiger partial charge < -0.3 is 5.11 Å². The Morgan fingerprint density at radius 2 is 2.19 bits per heavy atom. The zero-order valence-electron chi connectivity index (χ0n) is 10.1. The maximum absolute atomic E-state index is 13.9. The number of hydrogen-bond donors (Lipinski definition) is 2. The number of carboxylic acid groups (broad SMARTS) is 1. The molecule has 11 heteroatoms. The summed E-state index contributed by atoms with van der Waals surface area (Å²) in [6.45, 7) is 0. The number of benzene rings is 1. The lowest BCUT2D eigenvalue weighted by molar-refractivity contribution is -0.131. The third-order valence-corrected chi connectivity index (χ3v) is 4.20. The number of nitrogens with one attached hydrogen (secondary N) is 1. The third-order valence-electron chi connectivity index (χ3n) is 2.18. The molecule has 2 N–H and O–H groups in total. The van der Waals surface area contributed by atoms with Gasteiger partial charge in [-0.2, -0.15) is 0 Å². The molecule has 0 radical (unpaired) electrons. The fraction of sp³-hybridized carbons (Fsp3) is 0. The quantitative estimate of drug-likeness (QED) is 0.783. The molecular weight excluding hydrogens is 323 g/mol. The summed E-state index contributed by atoms with van der Waals surface area (Å²) in [4.78, 5) is 9.76. The lowest BCUT2D eigenvalue weighted by Gasteiger charge is -2.06. The maximum atomic E-state index is 13.9. The lowest BCUT2D eigenvalue weighted by Crippen LogP contribution is -2.14. The first-order valence-electron chi connectivity index (χ1n) is 5.27. The standard InChI is InChI=1S/C10H7FN4O4S2/c11-7-5-6(2-4-9(16)17)1-3-8(7)21(18,19)13-10-12-14-15-20-10/h1-5H,(H,16,17)(H,12,13,15)/b4-2+. The molecule has 2 rings (SSSR count). The zero-order chi connectivity index (χ0) is 15.5. The zero-order valence-corrected chi connectivity index (χ0v) is 11.7. The van der Waals surface area contributed by atoms with Crippen molar-refractivity contribution in [3.8, 4) is 0 Å². The van der Waals surface area contributed by atoms with E-state index in [1.807, 2.05) is 4.72 Å². The Balaban J connectivity index is 2.30. The molecule has 110 valence electrons. The van der Waals surface area contributed by atoms with Gasteiger partial charge in [-0.1, -0.05) is 15.7 Å². The Kier molecular flexibility index (Phi) is 4.23. The van der Waals surface area contributed by atoms with Gasteiger partial charge in [-0.15, -0.1) is 0 Å². The average molecular weight is 330 g/mol. The number of nitrogens with zero attached hydrogens (tertiary/aromatic N) is 3. The number of aromatic nitrogens is 3. The highest BCUT2D eigenvalue weighted by Gasteiger charge is 2.20. The summed E-state index contributed by atoms with van der Waals surface area (Å²) in [5, 5.41) is 15.0. The van der Waals surface area contributed by atoms with Crippen LogP contribution in [0.3, 0.4) is 0 Å². The van der Waals surface area contributed by atoms with E-state index >= 15 is 0 Å². The molecule has 0 saturated heterocycles. The molecule has 0 atom stereocenters. The van der Waals surface area contributed by atoms with Crippen LogP contribution in [0.2, 0.25) is 0 Å². The molecule has 0 saturated carbocycles. The number of hydrogen-bond acceptors (Lipinski definition) is 7. The Labute approximate surface area is 122 Å². The van der Waals surface area contributed by atoms with E-state index < -0.39 is 26.7 Å². The van der Waals surface area contributed by atoms with Crippen LogP contribution in [0.5, 0.6) is 0 Å². The summed E-state index contributed by atoms with van der Waals surface area (Å²) in [7, 11) is -4.16. The molecule has 0 aliphatic carbocycles. The summed E-state index contributed by atoms with van der Waals surface area (Å²) in [6, 6.07) is 3.20. The van der Waals surface area contributed by atoms with Crippen LogP contribution in [0.15, 0.2) is 29.2 Å². The molecule has 1 aromatic carbocycles. The van der Waals surface area contributed by atoms with Gasteiger partial charge >= 0.3 is 5.97 Å². The first-order valence-corrected chi connectivity index (χ1v) is 7.52. The van der Waals surface area contributed by atoms with E-state index in [0.717, 1.165) is 24.3 Å². The van der Waals surface area contributed by atoms with Crippen LogP contribution in [-0.2, 0) is 14.8 Å². The number of carboxylic acids is 1. The van der Waals surface area contributed by atoms with Crippen LogP contribution in [0.4, 0.5) is 9.52 Å². The molecule has 0 aliphatic rings. The lowest BCUT2D eigenvalue weighted by atomic mass is 10.2. The van der Waals surface area contributed by atoms with Crippen LogP contribution in [0.25, 0.3) is 6.08 Å². The Bertz CT molecular complexity index is 789. The molecule has 8 nitrogen and oxygen atoms in total. The van der Waals surface area contributed by atoms with E-state index in [9.17, 15) is 17.6 Å². The highest BCUT2D eigenvalue weighted by molar-refractivity contribution is 7.93. The minimum Gasteiger partial charge on any atom is -0.478 e. The molecule has 2 aromatic rings. The van der Waals surface area contributed by atoms with Gasteiger partial charge in [0.05, 0.1) is 0 Å². The third kappa shape index (κ3) is 3.79. The normalized spacial score (nSPS) is 11.7. The summed E-state index contributed by atoms with van der Waals surface area (Å²) in [6.07, 6.45) is 1.96. The summed E-state index contributed by atoms with van der Waals surface area (Å²) < 4.78 is 43.1. The maximum Gasteiger partial charge on any atom is 0.328 e. The molecule has 0 unspecified atom stereocenters. The van der Waals surface area contributed by atoms with Crippen LogP contribution >= 0.6 is 11.5 Å². The molecule has 0 amide bonds. The summed E-state index contributed by atoms with van der Waals surface area (Å²) in [5.74, 6) is -2.22. The average Bonchev–Trinajstić information content (AvgIpc) is 2.88. The van der Waals surface area contributed by atoms with Gasteiger partial charge in [-0.05, 0) is 29.0 Å². The van der Waals surface area contributed by atoms with Gasteiger partial charge in [-0.25, -0.2) is 17.6 Å². The molecule has 0 fully saturated rings. The van der Waals surface area contributed by atoms with Crippen molar-refractivity contribution >= 4 is 38.7 Å². The molecule has 1 heterocycles. The Hall–Kier alpha value is -2.40. The van der Waals surface area contributed by atoms with E-state index in [1.165, 1.54) is 6.07 Å². The highest BCUT2D eigenvalue weighted by Crippen LogP contribution is 2.20. The second-order valence-electron chi connectivity index (χ2n) is 3.63. The molecule has 0 bridgehead atoms. The number of aliphatic carboxylic acids is 1. The van der Waals surface area contributed by atoms with E-state index in [2.05, 4.69) is 14.8 Å². The molecular formula is C10H7FN4O4S2. The summed E-state index contributed by atoms with van der Waals surface area (Å²) in [5.41, 5.74) is 0.214. The van der Waals surface area contributed by atoms with E-state index in [0.29, 0.717) is 11.5 Å². The van der Waals surface area contributed by atoms with Crippen LogP contribution in [0, 0.1) is 5.82 Å². The predicted octanol–water partition coefficient (Wildman–Crippen LogP) is 0.971. The van der Waals surface area contributed by atoms with Gasteiger partial charge in [0, 0.05) is 17.6 Å². The van der Waals surface area contributed by atoms with Gasteiger partial charge in [-0.3, -0.25) is 4.72 Å². The molecule has 0 aliphatic heterocycles. The highest BCUT2D eigenvalue weighted by atomic mass is 32.2. The van der Waals surface area contributed by atoms with E-state index in [-0.39, 0.29) is 10.7 Å². The van der Waals surface area contributed by atoms with Crippen molar-refractivity contribution in [3.63, 3.8) is 0 Å². The topological polar surface area (TPSA) is 122 Å². The fourth-order valence-corrected chi connectivity index (χ4v) is 2.99. The molecule has 1 aromatic heterocycles. The van der Waals surface area contributed by atoms with Crippen molar-refractivity contribution in [1.29, 1.82) is 0 Å². The smallest absolute Gasteiger partial charge is 0.328 e. The van der Waals surface area contributed by atoms with Crippen molar-refractivity contribution in [2.45, 2.75) is 4.90 Å². The number of rotatable bonds is 5. The van der Waals surface area contributed by atoms with Gasteiger partial charge in [0.25, 0.3) is 10.0 Å². The SMILES string of the molecule is O=C(O)/C=C/c1ccc(S(=O)(=O)Nc2nnns2)c(F)c1. The minimum absolute atomic E-state index is 0.0933. The van der Waals surface area contributed by atoms with Crippen molar-refractivity contribution < 1.29 is 22.7 Å². The van der Waals surface area contributed by atoms with Gasteiger partial charge in [0.2, 0.25) is 5.13 Å². The van der Waals surface area contributed by atoms with Gasteiger partial charge in [0.15, 0.2) is 0 Å². The number of anilines is 1. The summed E-state index contributed by atoms with van der Waals surface area (Å²) >= 11 is 0.703. The van der Waals surface area contributed by atoms with Gasteiger partial charge in [0.1, 0.15) is 10.7 Å².